The molecule has 0 atom stereocenters. The summed E-state index contributed by atoms with van der Waals surface area (Å²) in [5, 5.41) is 13.8. The number of aromatic nitrogens is 4. The van der Waals surface area contributed by atoms with Gasteiger partial charge in [0.2, 0.25) is 5.95 Å². The number of amides is 1. The Bertz CT molecular complexity index is 1620. The van der Waals surface area contributed by atoms with Crippen molar-refractivity contribution in [1.29, 1.82) is 0 Å². The van der Waals surface area contributed by atoms with Crippen LogP contribution < -0.4 is 16.2 Å². The van der Waals surface area contributed by atoms with Crippen LogP contribution in [0.25, 0.3) is 22.2 Å². The first-order chi connectivity index (χ1) is 18.9. The number of rotatable bonds is 6. The quantitative estimate of drug-likeness (QED) is 0.266. The van der Waals surface area contributed by atoms with Crippen LogP contribution in [0, 0.1) is 0 Å². The number of hydrogen-bond donors (Lipinski definition) is 4. The van der Waals surface area contributed by atoms with Crippen LogP contribution in [0.3, 0.4) is 0 Å². The summed E-state index contributed by atoms with van der Waals surface area (Å²) in [5.41, 5.74) is 3.25. The van der Waals surface area contributed by atoms with Gasteiger partial charge in [0.05, 0.1) is 16.6 Å². The summed E-state index contributed by atoms with van der Waals surface area (Å²) in [7, 11) is 0. The van der Waals surface area contributed by atoms with Crippen LogP contribution in [0.4, 0.5) is 24.8 Å². The second kappa shape index (κ2) is 11.5. The molecule has 0 radical (unpaired) electrons. The number of nitrogens with zero attached hydrogens (tertiary/aromatic N) is 3. The van der Waals surface area contributed by atoms with E-state index in [0.29, 0.717) is 40.0 Å². The molecule has 1 aliphatic carbocycles. The number of aromatic amines is 1. The van der Waals surface area contributed by atoms with Crippen LogP contribution >= 0.6 is 0 Å². The molecular weight excluding hydrogens is 529 g/mol. The number of anilines is 2. The molecule has 4 aromatic rings. The summed E-state index contributed by atoms with van der Waals surface area (Å²) in [6.07, 6.45) is -1.34. The smallest absolute Gasteiger partial charge is 0.475 e. The average Bonchev–Trinajstić information content (AvgIpc) is 3.72. The number of benzene rings is 2. The summed E-state index contributed by atoms with van der Waals surface area (Å²) in [4.78, 5) is 50.1. The van der Waals surface area contributed by atoms with Gasteiger partial charge in [-0.15, -0.1) is 0 Å². The molecule has 1 fully saturated rings. The van der Waals surface area contributed by atoms with Gasteiger partial charge in [0.15, 0.2) is 0 Å². The Morgan fingerprint density at radius 3 is 2.45 bits per heavy atom. The molecule has 208 valence electrons. The summed E-state index contributed by atoms with van der Waals surface area (Å²) in [6, 6.07) is 14.9. The lowest BCUT2D eigenvalue weighted by atomic mass is 10.1. The predicted octanol–water partition coefficient (Wildman–Crippen LogP) is 4.77. The maximum atomic E-state index is 12.6. The number of carboxylic acid groups (broad SMARTS) is 1. The molecule has 2 aromatic carbocycles. The third kappa shape index (κ3) is 7.18. The number of carboxylic acids is 1. The molecule has 0 saturated heterocycles. The summed E-state index contributed by atoms with van der Waals surface area (Å²) in [6.45, 7) is 3.98. The first-order valence-corrected chi connectivity index (χ1v) is 12.3. The zero-order valence-electron chi connectivity index (χ0n) is 21.4. The SMILES string of the molecule is CC(C)c1nc2ccc(-c3ccnc(Nc4cccc(C(=O)NC5CC5)c4)n3)cc2c(=O)[nH]1.O=C(O)C(F)(F)F. The average molecular weight is 555 g/mol. The van der Waals surface area contributed by atoms with Crippen molar-refractivity contribution in [2.75, 3.05) is 5.32 Å². The highest BCUT2D eigenvalue weighted by Gasteiger charge is 2.38. The molecule has 0 bridgehead atoms. The zero-order chi connectivity index (χ0) is 29.0. The molecule has 0 aliphatic heterocycles. The standard InChI is InChI=1S/C25H24N6O2.C2HF3O2/c1-14(2)22-29-21-9-6-15(13-19(21)24(33)31-22)20-10-11-26-25(30-20)28-18-5-3-4-16(12-18)23(32)27-17-7-8-17;3-2(4,5)1(6)7/h3-6,9-14,17H,7-8H2,1-2H3,(H,27,32)(H,26,28,30)(H,29,31,33);(H,6,7). The Hall–Kier alpha value is -4.81. The van der Waals surface area contributed by atoms with Crippen molar-refractivity contribution >= 4 is 34.4 Å². The van der Waals surface area contributed by atoms with Gasteiger partial charge in [-0.05, 0) is 49.2 Å². The first-order valence-electron chi connectivity index (χ1n) is 12.3. The minimum Gasteiger partial charge on any atom is -0.475 e. The van der Waals surface area contributed by atoms with Crippen LogP contribution in [0.2, 0.25) is 0 Å². The van der Waals surface area contributed by atoms with E-state index in [1.807, 2.05) is 38.1 Å². The maximum Gasteiger partial charge on any atom is 0.490 e. The largest absolute Gasteiger partial charge is 0.490 e. The molecule has 40 heavy (non-hydrogen) atoms. The van der Waals surface area contributed by atoms with Crippen LogP contribution in [-0.2, 0) is 4.79 Å². The molecule has 1 aliphatic rings. The van der Waals surface area contributed by atoms with Gasteiger partial charge in [0, 0.05) is 35.0 Å². The fourth-order valence-corrected chi connectivity index (χ4v) is 3.53. The molecule has 10 nitrogen and oxygen atoms in total. The highest BCUT2D eigenvalue weighted by Crippen LogP contribution is 2.24. The van der Waals surface area contributed by atoms with Crippen LogP contribution in [0.1, 0.15) is 48.8 Å². The van der Waals surface area contributed by atoms with Gasteiger partial charge in [0.25, 0.3) is 11.5 Å². The molecule has 4 N–H and O–H groups in total. The van der Waals surface area contributed by atoms with E-state index in [-0.39, 0.29) is 17.4 Å². The molecule has 5 rings (SSSR count). The lowest BCUT2D eigenvalue weighted by Crippen LogP contribution is -2.25. The second-order valence-electron chi connectivity index (χ2n) is 9.36. The number of H-pyrrole nitrogens is 1. The van der Waals surface area contributed by atoms with Gasteiger partial charge >= 0.3 is 12.1 Å². The minimum atomic E-state index is -5.08. The van der Waals surface area contributed by atoms with Gasteiger partial charge in [-0.1, -0.05) is 26.0 Å². The van der Waals surface area contributed by atoms with Crippen molar-refractivity contribution in [1.82, 2.24) is 25.3 Å². The van der Waals surface area contributed by atoms with E-state index in [1.165, 1.54) is 0 Å². The Morgan fingerprint density at radius 1 is 1.07 bits per heavy atom. The van der Waals surface area contributed by atoms with E-state index in [4.69, 9.17) is 9.90 Å². The van der Waals surface area contributed by atoms with Gasteiger partial charge < -0.3 is 20.7 Å². The number of alkyl halides is 3. The van der Waals surface area contributed by atoms with Crippen LogP contribution in [0.5, 0.6) is 0 Å². The third-order valence-corrected chi connectivity index (χ3v) is 5.76. The number of fused-ring (bicyclic) bond motifs is 1. The minimum absolute atomic E-state index is 0.0774. The number of halogens is 3. The zero-order valence-corrected chi connectivity index (χ0v) is 21.4. The molecule has 1 amide bonds. The molecule has 1 saturated carbocycles. The normalized spacial score (nSPS) is 12.9. The Kier molecular flexibility index (Phi) is 8.12. The van der Waals surface area contributed by atoms with Crippen molar-refractivity contribution in [3.63, 3.8) is 0 Å². The van der Waals surface area contributed by atoms with Crippen molar-refractivity contribution in [2.24, 2.45) is 0 Å². The number of carbonyl (C=O) groups is 2. The summed E-state index contributed by atoms with van der Waals surface area (Å²) < 4.78 is 31.7. The van der Waals surface area contributed by atoms with E-state index < -0.39 is 12.1 Å². The van der Waals surface area contributed by atoms with Crippen molar-refractivity contribution in [2.45, 2.75) is 44.8 Å². The molecule has 2 heterocycles. The van der Waals surface area contributed by atoms with E-state index in [9.17, 15) is 22.8 Å². The van der Waals surface area contributed by atoms with E-state index in [2.05, 4.69) is 30.6 Å². The topological polar surface area (TPSA) is 150 Å². The maximum absolute atomic E-state index is 12.6. The molecule has 2 aromatic heterocycles. The van der Waals surface area contributed by atoms with Gasteiger partial charge in [-0.25, -0.2) is 19.7 Å². The van der Waals surface area contributed by atoms with Crippen molar-refractivity contribution in [3.8, 4) is 11.3 Å². The third-order valence-electron chi connectivity index (χ3n) is 5.76. The number of aliphatic carboxylic acids is 1. The number of carbonyl (C=O) groups excluding carboxylic acids is 1. The number of hydrogen-bond acceptors (Lipinski definition) is 7. The summed E-state index contributed by atoms with van der Waals surface area (Å²) in [5.74, 6) is -1.63. The first kappa shape index (κ1) is 28.2. The highest BCUT2D eigenvalue weighted by molar-refractivity contribution is 5.95. The molecule has 13 heteroatoms. The molecular formula is C27H25F3N6O4. The lowest BCUT2D eigenvalue weighted by Gasteiger charge is -2.10. The van der Waals surface area contributed by atoms with Crippen molar-refractivity contribution in [3.05, 3.63) is 76.5 Å². The van der Waals surface area contributed by atoms with Gasteiger partial charge in [-0.2, -0.15) is 13.2 Å². The van der Waals surface area contributed by atoms with Crippen LogP contribution in [-0.4, -0.2) is 49.1 Å². The van der Waals surface area contributed by atoms with Crippen molar-refractivity contribution < 1.29 is 27.9 Å². The number of nitrogens with one attached hydrogen (secondary N) is 3. The fourth-order valence-electron chi connectivity index (χ4n) is 3.53. The predicted molar refractivity (Wildman–Crippen MR) is 141 cm³/mol. The van der Waals surface area contributed by atoms with Crippen LogP contribution in [0.15, 0.2) is 59.5 Å². The van der Waals surface area contributed by atoms with E-state index in [1.54, 1.807) is 30.5 Å². The van der Waals surface area contributed by atoms with E-state index >= 15 is 0 Å². The molecule has 0 spiro atoms. The highest BCUT2D eigenvalue weighted by atomic mass is 19.4. The fraction of sp³-hybridized carbons (Fsp3) is 0.259. The Balaban J connectivity index is 0.000000470. The second-order valence-corrected chi connectivity index (χ2v) is 9.36. The van der Waals surface area contributed by atoms with E-state index in [0.717, 1.165) is 24.1 Å². The Morgan fingerprint density at radius 2 is 1.80 bits per heavy atom. The molecule has 0 unspecified atom stereocenters. The van der Waals surface area contributed by atoms with Gasteiger partial charge in [-0.3, -0.25) is 9.59 Å². The van der Waals surface area contributed by atoms with Gasteiger partial charge in [0.1, 0.15) is 5.82 Å². The summed E-state index contributed by atoms with van der Waals surface area (Å²) >= 11 is 0. The monoisotopic (exact) mass is 554 g/mol. The Labute approximate surface area is 225 Å². The lowest BCUT2D eigenvalue weighted by molar-refractivity contribution is -0.192.